The van der Waals surface area contributed by atoms with Gasteiger partial charge < -0.3 is 5.32 Å². The molecule has 0 saturated heterocycles. The van der Waals surface area contributed by atoms with Crippen molar-refractivity contribution in [3.63, 3.8) is 0 Å². The maximum absolute atomic E-state index is 10.9. The summed E-state index contributed by atoms with van der Waals surface area (Å²) in [5.41, 5.74) is 0. The molecule has 66 valence electrons. The lowest BCUT2D eigenvalue weighted by molar-refractivity contribution is -0.118. The molecule has 0 aliphatic carbocycles. The average Bonchev–Trinajstić information content (AvgIpc) is 2.53. The number of amides is 1. The van der Waals surface area contributed by atoms with E-state index in [0.717, 1.165) is 0 Å². The molecule has 0 aliphatic rings. The van der Waals surface area contributed by atoms with E-state index in [1.54, 1.807) is 0 Å². The van der Waals surface area contributed by atoms with Gasteiger partial charge in [-0.2, -0.15) is 5.10 Å². The molecular formula is C6H10N4OS. The zero-order valence-corrected chi connectivity index (χ0v) is 7.52. The van der Waals surface area contributed by atoms with E-state index in [1.807, 2.05) is 6.92 Å². The van der Waals surface area contributed by atoms with E-state index in [4.69, 9.17) is 0 Å². The van der Waals surface area contributed by atoms with Crippen LogP contribution in [0.3, 0.4) is 0 Å². The van der Waals surface area contributed by atoms with E-state index in [0.29, 0.717) is 17.5 Å². The van der Waals surface area contributed by atoms with E-state index < -0.39 is 0 Å². The van der Waals surface area contributed by atoms with E-state index in [9.17, 15) is 4.79 Å². The first-order valence-corrected chi connectivity index (χ1v) is 4.56. The Bertz CT molecular complexity index is 236. The minimum absolute atomic E-state index is 0.0129. The highest BCUT2D eigenvalue weighted by atomic mass is 32.2. The number of rotatable bonds is 4. The Labute approximate surface area is 74.3 Å². The molecule has 0 spiro atoms. The number of hydrogen-bond donors (Lipinski definition) is 2. The molecule has 1 amide bonds. The first kappa shape index (κ1) is 9.05. The molecule has 0 unspecified atom stereocenters. The molecule has 2 N–H and O–H groups in total. The van der Waals surface area contributed by atoms with Gasteiger partial charge in [-0.3, -0.25) is 9.89 Å². The van der Waals surface area contributed by atoms with Gasteiger partial charge in [-0.05, 0) is 6.92 Å². The van der Waals surface area contributed by atoms with Gasteiger partial charge >= 0.3 is 0 Å². The molecule has 1 rings (SSSR count). The Morgan fingerprint density at radius 1 is 1.83 bits per heavy atom. The number of nitrogens with zero attached hydrogens (tertiary/aromatic N) is 2. The van der Waals surface area contributed by atoms with Gasteiger partial charge in [0.1, 0.15) is 6.33 Å². The Morgan fingerprint density at radius 2 is 2.67 bits per heavy atom. The molecule has 0 aliphatic heterocycles. The van der Waals surface area contributed by atoms with Crippen LogP contribution in [0.15, 0.2) is 11.5 Å². The summed E-state index contributed by atoms with van der Waals surface area (Å²) in [6.07, 6.45) is 1.42. The number of carbonyl (C=O) groups excluding carboxylic acids is 1. The number of H-pyrrole nitrogens is 1. The molecular weight excluding hydrogens is 176 g/mol. The third-order valence-electron chi connectivity index (χ3n) is 1.11. The molecule has 5 nitrogen and oxygen atoms in total. The van der Waals surface area contributed by atoms with Crippen LogP contribution >= 0.6 is 11.8 Å². The fourth-order valence-electron chi connectivity index (χ4n) is 0.646. The Kier molecular flexibility index (Phi) is 3.59. The van der Waals surface area contributed by atoms with Crippen molar-refractivity contribution in [3.8, 4) is 0 Å². The lowest BCUT2D eigenvalue weighted by atomic mass is 10.6. The quantitative estimate of drug-likeness (QED) is 0.651. The number of aromatic nitrogens is 3. The molecule has 0 aromatic carbocycles. The molecule has 6 heteroatoms. The van der Waals surface area contributed by atoms with Crippen LogP contribution in [0.1, 0.15) is 6.92 Å². The summed E-state index contributed by atoms with van der Waals surface area (Å²) in [6, 6.07) is 0. The Morgan fingerprint density at radius 3 is 3.25 bits per heavy atom. The predicted molar refractivity (Wildman–Crippen MR) is 45.8 cm³/mol. The zero-order valence-electron chi connectivity index (χ0n) is 6.70. The normalized spacial score (nSPS) is 9.75. The average molecular weight is 186 g/mol. The minimum Gasteiger partial charge on any atom is -0.356 e. The van der Waals surface area contributed by atoms with E-state index in [2.05, 4.69) is 20.5 Å². The summed E-state index contributed by atoms with van der Waals surface area (Å²) in [7, 11) is 0. The third kappa shape index (κ3) is 2.91. The van der Waals surface area contributed by atoms with Crippen molar-refractivity contribution < 1.29 is 4.79 Å². The maximum atomic E-state index is 10.9. The second-order valence-electron chi connectivity index (χ2n) is 2.03. The molecule has 12 heavy (non-hydrogen) atoms. The summed E-state index contributed by atoms with van der Waals surface area (Å²) in [5.74, 6) is 0.391. The number of nitrogens with one attached hydrogen (secondary N) is 2. The highest BCUT2D eigenvalue weighted by molar-refractivity contribution is 7.99. The maximum Gasteiger partial charge on any atom is 0.230 e. The second kappa shape index (κ2) is 4.76. The fourth-order valence-corrected chi connectivity index (χ4v) is 1.25. The first-order valence-electron chi connectivity index (χ1n) is 3.57. The predicted octanol–water partition coefficient (Wildman–Crippen LogP) is 0.0329. The number of hydrogen-bond acceptors (Lipinski definition) is 4. The fraction of sp³-hybridized carbons (Fsp3) is 0.500. The van der Waals surface area contributed by atoms with Gasteiger partial charge in [0.25, 0.3) is 0 Å². The van der Waals surface area contributed by atoms with Crippen LogP contribution in [0.25, 0.3) is 0 Å². The molecule has 0 bridgehead atoms. The van der Waals surface area contributed by atoms with Gasteiger partial charge in [-0.25, -0.2) is 4.98 Å². The number of aromatic amines is 1. The Hall–Kier alpha value is -1.04. The number of carbonyl (C=O) groups is 1. The first-order chi connectivity index (χ1) is 5.83. The minimum atomic E-state index is 0.0129. The highest BCUT2D eigenvalue weighted by Gasteiger charge is 2.01. The van der Waals surface area contributed by atoms with Gasteiger partial charge in [0, 0.05) is 6.54 Å². The number of thioether (sulfide) groups is 1. The standard InChI is InChI=1S/C6H10N4OS/c1-2-7-5(11)3-12-6-8-4-9-10-6/h4H,2-3H2,1H3,(H,7,11)(H,8,9,10). The van der Waals surface area contributed by atoms with Crippen molar-refractivity contribution in [2.75, 3.05) is 12.3 Å². The van der Waals surface area contributed by atoms with Crippen LogP contribution in [0.4, 0.5) is 0 Å². The molecule has 0 radical (unpaired) electrons. The smallest absolute Gasteiger partial charge is 0.230 e. The van der Waals surface area contributed by atoms with Crippen LogP contribution in [-0.4, -0.2) is 33.4 Å². The highest BCUT2D eigenvalue weighted by Crippen LogP contribution is 2.08. The van der Waals surface area contributed by atoms with Crippen molar-refractivity contribution in [1.82, 2.24) is 20.5 Å². The summed E-state index contributed by atoms with van der Waals surface area (Å²) in [5, 5.41) is 9.67. The molecule has 0 fully saturated rings. The van der Waals surface area contributed by atoms with Crippen molar-refractivity contribution in [2.45, 2.75) is 12.1 Å². The van der Waals surface area contributed by atoms with Crippen LogP contribution in [0.2, 0.25) is 0 Å². The molecule has 1 heterocycles. The molecule has 0 atom stereocenters. The van der Waals surface area contributed by atoms with Crippen molar-refractivity contribution >= 4 is 17.7 Å². The van der Waals surface area contributed by atoms with Gasteiger partial charge in [0.05, 0.1) is 5.75 Å². The molecule has 1 aromatic heterocycles. The summed E-state index contributed by atoms with van der Waals surface area (Å²) < 4.78 is 0. The summed E-state index contributed by atoms with van der Waals surface area (Å²) in [6.45, 7) is 2.55. The van der Waals surface area contributed by atoms with E-state index >= 15 is 0 Å². The summed E-state index contributed by atoms with van der Waals surface area (Å²) >= 11 is 1.33. The molecule has 0 saturated carbocycles. The topological polar surface area (TPSA) is 70.7 Å². The van der Waals surface area contributed by atoms with Gasteiger partial charge in [0.15, 0.2) is 5.16 Å². The summed E-state index contributed by atoms with van der Waals surface area (Å²) in [4.78, 5) is 14.8. The second-order valence-corrected chi connectivity index (χ2v) is 3.00. The van der Waals surface area contributed by atoms with Crippen LogP contribution in [-0.2, 0) is 4.79 Å². The lowest BCUT2D eigenvalue weighted by Crippen LogP contribution is -2.24. The monoisotopic (exact) mass is 186 g/mol. The van der Waals surface area contributed by atoms with Gasteiger partial charge in [-0.15, -0.1) is 0 Å². The van der Waals surface area contributed by atoms with Crippen molar-refractivity contribution in [2.24, 2.45) is 0 Å². The van der Waals surface area contributed by atoms with Gasteiger partial charge in [0.2, 0.25) is 5.91 Å². The van der Waals surface area contributed by atoms with Gasteiger partial charge in [-0.1, -0.05) is 11.8 Å². The largest absolute Gasteiger partial charge is 0.356 e. The van der Waals surface area contributed by atoms with Crippen molar-refractivity contribution in [3.05, 3.63) is 6.33 Å². The molecule has 1 aromatic rings. The lowest BCUT2D eigenvalue weighted by Gasteiger charge is -1.98. The van der Waals surface area contributed by atoms with Crippen LogP contribution in [0, 0.1) is 0 Å². The Balaban J connectivity index is 2.22. The van der Waals surface area contributed by atoms with Crippen LogP contribution < -0.4 is 5.32 Å². The third-order valence-corrected chi connectivity index (χ3v) is 1.98. The van der Waals surface area contributed by atoms with Crippen LogP contribution in [0.5, 0.6) is 0 Å². The van der Waals surface area contributed by atoms with Crippen molar-refractivity contribution in [1.29, 1.82) is 0 Å². The zero-order chi connectivity index (χ0) is 8.81. The SMILES string of the molecule is CCNC(=O)CSc1ncn[nH]1. The van der Waals surface area contributed by atoms with E-state index in [1.165, 1.54) is 18.1 Å². The van der Waals surface area contributed by atoms with E-state index in [-0.39, 0.29) is 5.91 Å².